The van der Waals surface area contributed by atoms with Gasteiger partial charge in [0.25, 0.3) is 0 Å². The van der Waals surface area contributed by atoms with E-state index in [2.05, 4.69) is 0 Å². The molecule has 2 aromatic carbocycles. The summed E-state index contributed by atoms with van der Waals surface area (Å²) in [5.74, 6) is -1.07. The highest BCUT2D eigenvalue weighted by Crippen LogP contribution is 2.23. The number of sulfone groups is 1. The van der Waals surface area contributed by atoms with Crippen molar-refractivity contribution in [2.24, 2.45) is 5.92 Å². The van der Waals surface area contributed by atoms with Gasteiger partial charge in [0.2, 0.25) is 5.91 Å². The Morgan fingerprint density at radius 3 is 2.15 bits per heavy atom. The number of amides is 1. The van der Waals surface area contributed by atoms with Crippen molar-refractivity contribution < 1.29 is 18.0 Å². The van der Waals surface area contributed by atoms with Crippen LogP contribution in [0.2, 0.25) is 5.02 Å². The number of ketones is 1. The van der Waals surface area contributed by atoms with Crippen LogP contribution in [0.4, 0.5) is 0 Å². The van der Waals surface area contributed by atoms with E-state index in [1.807, 2.05) is 18.2 Å². The number of carbonyl (C=O) groups excluding carboxylic acids is 2. The molecule has 0 saturated carbocycles. The second kappa shape index (κ2) is 8.23. The van der Waals surface area contributed by atoms with Crippen LogP contribution in [0.5, 0.6) is 0 Å². The summed E-state index contributed by atoms with van der Waals surface area (Å²) in [7, 11) is -3.72. The predicted octanol–water partition coefficient (Wildman–Crippen LogP) is 3.24. The highest BCUT2D eigenvalue weighted by Gasteiger charge is 2.30. The number of hydrogen-bond acceptors (Lipinski definition) is 4. The molecule has 1 aliphatic rings. The minimum Gasteiger partial charge on any atom is -0.342 e. The third kappa shape index (κ3) is 4.76. The van der Waals surface area contributed by atoms with Crippen LogP contribution in [0, 0.1) is 5.92 Å². The van der Waals surface area contributed by atoms with Crippen molar-refractivity contribution in [1.82, 2.24) is 4.90 Å². The van der Waals surface area contributed by atoms with Gasteiger partial charge in [0.05, 0.1) is 4.90 Å². The molecule has 0 atom stereocenters. The molecule has 0 spiro atoms. The molecule has 7 heteroatoms. The summed E-state index contributed by atoms with van der Waals surface area (Å²) in [6.45, 7) is 0.774. The van der Waals surface area contributed by atoms with Crippen LogP contribution in [-0.4, -0.2) is 43.9 Å². The lowest BCUT2D eigenvalue weighted by Gasteiger charge is -2.31. The smallest absolute Gasteiger partial charge is 0.238 e. The van der Waals surface area contributed by atoms with Crippen LogP contribution in [0.25, 0.3) is 0 Å². The average molecular weight is 406 g/mol. The fraction of sp³-hybridized carbons (Fsp3) is 0.300. The average Bonchev–Trinajstić information content (AvgIpc) is 2.68. The van der Waals surface area contributed by atoms with E-state index in [-0.39, 0.29) is 16.6 Å². The Morgan fingerprint density at radius 2 is 1.56 bits per heavy atom. The molecule has 1 aliphatic heterocycles. The van der Waals surface area contributed by atoms with E-state index in [1.54, 1.807) is 12.1 Å². The van der Waals surface area contributed by atoms with Gasteiger partial charge in [-0.05, 0) is 37.1 Å². The Hall–Kier alpha value is -2.18. The molecular weight excluding hydrogens is 386 g/mol. The zero-order valence-corrected chi connectivity index (χ0v) is 16.2. The molecule has 5 nitrogen and oxygen atoms in total. The van der Waals surface area contributed by atoms with Gasteiger partial charge in [-0.3, -0.25) is 9.59 Å². The molecular formula is C20H20ClNO4S. The summed E-state index contributed by atoms with van der Waals surface area (Å²) < 4.78 is 24.8. The normalized spacial score (nSPS) is 15.5. The van der Waals surface area contributed by atoms with Crippen molar-refractivity contribution in [1.29, 1.82) is 0 Å². The highest BCUT2D eigenvalue weighted by atomic mass is 35.5. The number of rotatable bonds is 5. The first kappa shape index (κ1) is 19.6. The Morgan fingerprint density at radius 1 is 0.963 bits per heavy atom. The third-order valence-electron chi connectivity index (χ3n) is 4.76. The number of benzene rings is 2. The van der Waals surface area contributed by atoms with Gasteiger partial charge in [0.15, 0.2) is 15.6 Å². The van der Waals surface area contributed by atoms with Crippen LogP contribution < -0.4 is 0 Å². The molecule has 142 valence electrons. The van der Waals surface area contributed by atoms with E-state index < -0.39 is 21.5 Å². The Bertz CT molecular complexity index is 918. The molecule has 0 aromatic heterocycles. The number of carbonyl (C=O) groups is 2. The topological polar surface area (TPSA) is 71.5 Å². The highest BCUT2D eigenvalue weighted by molar-refractivity contribution is 7.92. The molecule has 0 unspecified atom stereocenters. The Labute approximate surface area is 163 Å². The second-order valence-electron chi connectivity index (χ2n) is 6.60. The molecule has 27 heavy (non-hydrogen) atoms. The van der Waals surface area contributed by atoms with Gasteiger partial charge in [-0.1, -0.05) is 41.9 Å². The van der Waals surface area contributed by atoms with Gasteiger partial charge < -0.3 is 4.90 Å². The van der Waals surface area contributed by atoms with Gasteiger partial charge in [0, 0.05) is 29.6 Å². The first-order valence-electron chi connectivity index (χ1n) is 8.72. The molecule has 0 bridgehead atoms. The SMILES string of the molecule is O=C(c1ccccc1)C1CCN(C(=O)CS(=O)(=O)c2ccc(Cl)cc2)CC1. The largest absolute Gasteiger partial charge is 0.342 e. The van der Waals surface area contributed by atoms with Crippen LogP contribution in [0.1, 0.15) is 23.2 Å². The molecule has 1 fully saturated rings. The summed E-state index contributed by atoms with van der Waals surface area (Å²) in [6, 6.07) is 14.9. The molecule has 1 amide bonds. The van der Waals surface area contributed by atoms with E-state index in [9.17, 15) is 18.0 Å². The lowest BCUT2D eigenvalue weighted by atomic mass is 9.89. The van der Waals surface area contributed by atoms with E-state index in [4.69, 9.17) is 11.6 Å². The van der Waals surface area contributed by atoms with Crippen LogP contribution in [0.15, 0.2) is 59.5 Å². The monoisotopic (exact) mass is 405 g/mol. The predicted molar refractivity (Wildman–Crippen MR) is 104 cm³/mol. The molecule has 1 saturated heterocycles. The van der Waals surface area contributed by atoms with Gasteiger partial charge in [-0.25, -0.2) is 8.42 Å². The number of Topliss-reactive ketones (excluding diaryl/α,β-unsaturated/α-hetero) is 1. The standard InChI is InChI=1S/C20H20ClNO4S/c21-17-6-8-18(9-7-17)27(25,26)14-19(23)22-12-10-16(11-13-22)20(24)15-4-2-1-3-5-15/h1-9,16H,10-14H2. The van der Waals surface area contributed by atoms with E-state index in [0.717, 1.165) is 0 Å². The molecule has 0 N–H and O–H groups in total. The van der Waals surface area contributed by atoms with Crippen molar-refractivity contribution in [2.45, 2.75) is 17.7 Å². The summed E-state index contributed by atoms with van der Waals surface area (Å²) in [6.07, 6.45) is 1.08. The lowest BCUT2D eigenvalue weighted by molar-refractivity contribution is -0.129. The zero-order chi connectivity index (χ0) is 19.4. The van der Waals surface area contributed by atoms with E-state index >= 15 is 0 Å². The fourth-order valence-corrected chi connectivity index (χ4v) is 4.56. The van der Waals surface area contributed by atoms with Crippen molar-refractivity contribution in [3.8, 4) is 0 Å². The van der Waals surface area contributed by atoms with Crippen LogP contribution >= 0.6 is 11.6 Å². The van der Waals surface area contributed by atoms with Crippen molar-refractivity contribution in [2.75, 3.05) is 18.8 Å². The molecule has 0 radical (unpaired) electrons. The Kier molecular flexibility index (Phi) is 5.97. The van der Waals surface area contributed by atoms with Gasteiger partial charge >= 0.3 is 0 Å². The summed E-state index contributed by atoms with van der Waals surface area (Å²) in [5, 5.41) is 0.436. The van der Waals surface area contributed by atoms with Crippen molar-refractivity contribution >= 4 is 33.1 Å². The minimum absolute atomic E-state index is 0.0781. The number of piperidine rings is 1. The number of nitrogens with zero attached hydrogens (tertiary/aromatic N) is 1. The number of halogens is 1. The summed E-state index contributed by atoms with van der Waals surface area (Å²) >= 11 is 5.78. The third-order valence-corrected chi connectivity index (χ3v) is 6.63. The van der Waals surface area contributed by atoms with Gasteiger partial charge in [-0.15, -0.1) is 0 Å². The van der Waals surface area contributed by atoms with Gasteiger partial charge in [-0.2, -0.15) is 0 Å². The maximum absolute atomic E-state index is 12.5. The van der Waals surface area contributed by atoms with E-state index in [0.29, 0.717) is 36.5 Å². The first-order chi connectivity index (χ1) is 12.9. The van der Waals surface area contributed by atoms with Crippen LogP contribution in [-0.2, 0) is 14.6 Å². The molecule has 1 heterocycles. The summed E-state index contributed by atoms with van der Waals surface area (Å²) in [4.78, 5) is 26.6. The molecule has 0 aliphatic carbocycles. The summed E-state index contributed by atoms with van der Waals surface area (Å²) in [5.41, 5.74) is 0.674. The fourth-order valence-electron chi connectivity index (χ4n) is 3.21. The number of hydrogen-bond donors (Lipinski definition) is 0. The zero-order valence-electron chi connectivity index (χ0n) is 14.7. The van der Waals surface area contributed by atoms with E-state index in [1.165, 1.54) is 29.2 Å². The van der Waals surface area contributed by atoms with Crippen molar-refractivity contribution in [3.63, 3.8) is 0 Å². The Balaban J connectivity index is 1.58. The quantitative estimate of drug-likeness (QED) is 0.716. The van der Waals surface area contributed by atoms with Gasteiger partial charge in [0.1, 0.15) is 5.75 Å². The number of likely N-dealkylation sites (tertiary alicyclic amines) is 1. The maximum atomic E-state index is 12.5. The molecule has 3 rings (SSSR count). The van der Waals surface area contributed by atoms with Crippen molar-refractivity contribution in [3.05, 3.63) is 65.2 Å². The molecule has 2 aromatic rings. The minimum atomic E-state index is -3.72. The van der Waals surface area contributed by atoms with Crippen LogP contribution in [0.3, 0.4) is 0 Å². The maximum Gasteiger partial charge on any atom is 0.238 e. The lowest BCUT2D eigenvalue weighted by Crippen LogP contribution is -2.42. The second-order valence-corrected chi connectivity index (χ2v) is 9.02. The first-order valence-corrected chi connectivity index (χ1v) is 10.8.